The predicted molar refractivity (Wildman–Crippen MR) is 58.3 cm³/mol. The van der Waals surface area contributed by atoms with Crippen molar-refractivity contribution >= 4 is 5.91 Å². The quantitative estimate of drug-likeness (QED) is 0.780. The monoisotopic (exact) mass is 191 g/mol. The number of primary amides is 1. The van der Waals surface area contributed by atoms with Gasteiger partial charge in [-0.05, 0) is 31.4 Å². The highest BCUT2D eigenvalue weighted by Crippen LogP contribution is 2.14. The molecule has 0 heterocycles. The zero-order valence-corrected chi connectivity index (χ0v) is 8.84. The van der Waals surface area contributed by atoms with Crippen molar-refractivity contribution < 1.29 is 4.79 Å². The lowest BCUT2D eigenvalue weighted by molar-refractivity contribution is 0.0999. The molecule has 0 saturated carbocycles. The van der Waals surface area contributed by atoms with E-state index in [4.69, 9.17) is 5.73 Å². The van der Waals surface area contributed by atoms with Gasteiger partial charge in [0.2, 0.25) is 5.91 Å². The van der Waals surface area contributed by atoms with Gasteiger partial charge in [0.25, 0.3) is 0 Å². The van der Waals surface area contributed by atoms with Gasteiger partial charge in [0, 0.05) is 5.56 Å². The summed E-state index contributed by atoms with van der Waals surface area (Å²) < 4.78 is 0. The lowest BCUT2D eigenvalue weighted by Crippen LogP contribution is -2.13. The number of nitrogens with two attached hydrogens (primary N) is 1. The molecular formula is C12H17NO. The minimum absolute atomic E-state index is 0.323. The largest absolute Gasteiger partial charge is 0.366 e. The second-order valence-electron chi connectivity index (χ2n) is 3.63. The molecule has 2 heteroatoms. The Hall–Kier alpha value is -1.31. The van der Waals surface area contributed by atoms with E-state index in [2.05, 4.69) is 13.0 Å². The van der Waals surface area contributed by atoms with Crippen molar-refractivity contribution in [3.05, 3.63) is 34.9 Å². The molecule has 0 aliphatic carbocycles. The number of amides is 1. The van der Waals surface area contributed by atoms with E-state index in [0.717, 1.165) is 24.8 Å². The zero-order chi connectivity index (χ0) is 10.6. The van der Waals surface area contributed by atoms with Gasteiger partial charge in [0.05, 0.1) is 0 Å². The average molecular weight is 191 g/mol. The molecule has 0 aliphatic heterocycles. The van der Waals surface area contributed by atoms with E-state index in [1.807, 2.05) is 19.1 Å². The maximum absolute atomic E-state index is 11.1. The third kappa shape index (κ3) is 2.59. The maximum atomic E-state index is 11.1. The molecular weight excluding hydrogens is 174 g/mol. The Morgan fingerprint density at radius 2 is 2.14 bits per heavy atom. The normalized spacial score (nSPS) is 10.1. The van der Waals surface area contributed by atoms with Crippen molar-refractivity contribution in [1.82, 2.24) is 0 Å². The van der Waals surface area contributed by atoms with Crippen LogP contribution in [0.3, 0.4) is 0 Å². The summed E-state index contributed by atoms with van der Waals surface area (Å²) in [6, 6.07) is 5.80. The Kier molecular flexibility index (Phi) is 3.69. The molecule has 14 heavy (non-hydrogen) atoms. The van der Waals surface area contributed by atoms with Crippen molar-refractivity contribution in [2.45, 2.75) is 33.1 Å². The van der Waals surface area contributed by atoms with Crippen LogP contribution < -0.4 is 5.73 Å². The van der Waals surface area contributed by atoms with Crippen LogP contribution in [0.5, 0.6) is 0 Å². The van der Waals surface area contributed by atoms with Crippen LogP contribution in [-0.4, -0.2) is 5.91 Å². The third-order valence-corrected chi connectivity index (χ3v) is 2.33. The number of hydrogen-bond donors (Lipinski definition) is 1. The lowest BCUT2D eigenvalue weighted by atomic mass is 9.99. The van der Waals surface area contributed by atoms with Crippen LogP contribution in [0.15, 0.2) is 18.2 Å². The zero-order valence-electron chi connectivity index (χ0n) is 8.84. The SMILES string of the molecule is CCCCc1cc(C)ccc1C(N)=O. The van der Waals surface area contributed by atoms with Gasteiger partial charge in [-0.15, -0.1) is 0 Å². The predicted octanol–water partition coefficient (Wildman–Crippen LogP) is 2.44. The second-order valence-corrected chi connectivity index (χ2v) is 3.63. The van der Waals surface area contributed by atoms with E-state index in [-0.39, 0.29) is 5.91 Å². The summed E-state index contributed by atoms with van der Waals surface area (Å²) in [5.41, 5.74) is 8.23. The number of aryl methyl sites for hydroxylation is 2. The number of hydrogen-bond acceptors (Lipinski definition) is 1. The van der Waals surface area contributed by atoms with Gasteiger partial charge in [0.15, 0.2) is 0 Å². The lowest BCUT2D eigenvalue weighted by Gasteiger charge is -2.06. The topological polar surface area (TPSA) is 43.1 Å². The number of carbonyl (C=O) groups excluding carboxylic acids is 1. The summed E-state index contributed by atoms with van der Waals surface area (Å²) in [7, 11) is 0. The van der Waals surface area contributed by atoms with Gasteiger partial charge in [-0.3, -0.25) is 4.79 Å². The number of unbranched alkanes of at least 4 members (excludes halogenated alkanes) is 1. The second kappa shape index (κ2) is 4.80. The molecule has 0 unspecified atom stereocenters. The molecule has 0 aromatic heterocycles. The van der Waals surface area contributed by atoms with Crippen LogP contribution in [0.2, 0.25) is 0 Å². The Bertz CT molecular complexity index is 331. The van der Waals surface area contributed by atoms with Crippen LogP contribution in [0.4, 0.5) is 0 Å². The van der Waals surface area contributed by atoms with E-state index in [1.165, 1.54) is 5.56 Å². The summed E-state index contributed by atoms with van der Waals surface area (Å²) in [6.45, 7) is 4.17. The first kappa shape index (κ1) is 10.8. The number of rotatable bonds is 4. The minimum atomic E-state index is -0.323. The van der Waals surface area contributed by atoms with Gasteiger partial charge >= 0.3 is 0 Å². The van der Waals surface area contributed by atoms with Crippen LogP contribution in [0.25, 0.3) is 0 Å². The molecule has 0 radical (unpaired) electrons. The van der Waals surface area contributed by atoms with E-state index < -0.39 is 0 Å². The summed E-state index contributed by atoms with van der Waals surface area (Å²) in [5.74, 6) is -0.323. The smallest absolute Gasteiger partial charge is 0.248 e. The molecule has 1 amide bonds. The molecule has 2 nitrogen and oxygen atoms in total. The molecule has 1 aromatic carbocycles. The molecule has 0 bridgehead atoms. The summed E-state index contributed by atoms with van der Waals surface area (Å²) in [6.07, 6.45) is 3.17. The summed E-state index contributed by atoms with van der Waals surface area (Å²) >= 11 is 0. The highest BCUT2D eigenvalue weighted by atomic mass is 16.1. The fraction of sp³-hybridized carbons (Fsp3) is 0.417. The van der Waals surface area contributed by atoms with E-state index in [0.29, 0.717) is 5.56 Å². The van der Waals surface area contributed by atoms with E-state index in [1.54, 1.807) is 0 Å². The summed E-state index contributed by atoms with van der Waals surface area (Å²) in [5, 5.41) is 0. The molecule has 0 fully saturated rings. The van der Waals surface area contributed by atoms with Crippen LogP contribution in [0, 0.1) is 6.92 Å². The van der Waals surface area contributed by atoms with Crippen LogP contribution in [-0.2, 0) is 6.42 Å². The Morgan fingerprint density at radius 1 is 1.43 bits per heavy atom. The van der Waals surface area contributed by atoms with E-state index >= 15 is 0 Å². The Labute approximate surface area is 85.1 Å². The molecule has 0 spiro atoms. The molecule has 0 saturated heterocycles. The van der Waals surface area contributed by atoms with Crippen LogP contribution in [0.1, 0.15) is 41.3 Å². The third-order valence-electron chi connectivity index (χ3n) is 2.33. The highest BCUT2D eigenvalue weighted by Gasteiger charge is 2.06. The number of carbonyl (C=O) groups is 1. The van der Waals surface area contributed by atoms with Crippen molar-refractivity contribution in [3.63, 3.8) is 0 Å². The minimum Gasteiger partial charge on any atom is -0.366 e. The Morgan fingerprint density at radius 3 is 2.71 bits per heavy atom. The fourth-order valence-electron chi connectivity index (χ4n) is 1.54. The summed E-state index contributed by atoms with van der Waals surface area (Å²) in [4.78, 5) is 11.1. The first-order valence-corrected chi connectivity index (χ1v) is 5.04. The molecule has 0 aliphatic rings. The van der Waals surface area contributed by atoms with Gasteiger partial charge in [-0.25, -0.2) is 0 Å². The first-order chi connectivity index (χ1) is 6.65. The van der Waals surface area contributed by atoms with Gasteiger partial charge < -0.3 is 5.73 Å². The molecule has 2 N–H and O–H groups in total. The average Bonchev–Trinajstić information content (AvgIpc) is 2.14. The maximum Gasteiger partial charge on any atom is 0.248 e. The van der Waals surface area contributed by atoms with Crippen molar-refractivity contribution in [1.29, 1.82) is 0 Å². The van der Waals surface area contributed by atoms with Gasteiger partial charge in [-0.1, -0.05) is 31.0 Å². The van der Waals surface area contributed by atoms with Crippen molar-refractivity contribution in [2.75, 3.05) is 0 Å². The van der Waals surface area contributed by atoms with Crippen LogP contribution >= 0.6 is 0 Å². The standard InChI is InChI=1S/C12H17NO/c1-3-4-5-10-8-9(2)6-7-11(10)12(13)14/h6-8H,3-5H2,1-2H3,(H2,13,14). The van der Waals surface area contributed by atoms with Crippen molar-refractivity contribution in [3.8, 4) is 0 Å². The molecule has 1 aromatic rings. The van der Waals surface area contributed by atoms with Crippen molar-refractivity contribution in [2.24, 2.45) is 5.73 Å². The molecule has 1 rings (SSSR count). The van der Waals surface area contributed by atoms with Gasteiger partial charge in [-0.2, -0.15) is 0 Å². The molecule has 76 valence electrons. The van der Waals surface area contributed by atoms with E-state index in [9.17, 15) is 4.79 Å². The molecule has 0 atom stereocenters. The number of benzene rings is 1. The Balaban J connectivity index is 2.97. The van der Waals surface area contributed by atoms with Gasteiger partial charge in [0.1, 0.15) is 0 Å². The highest BCUT2D eigenvalue weighted by molar-refractivity contribution is 5.94. The first-order valence-electron chi connectivity index (χ1n) is 5.04. The fourth-order valence-corrected chi connectivity index (χ4v) is 1.54.